The van der Waals surface area contributed by atoms with Gasteiger partial charge >= 0.3 is 5.97 Å². The third-order valence-corrected chi connectivity index (χ3v) is 2.73. The van der Waals surface area contributed by atoms with Crippen molar-refractivity contribution in [1.29, 1.82) is 0 Å². The molecule has 0 saturated heterocycles. The summed E-state index contributed by atoms with van der Waals surface area (Å²) < 4.78 is 10.4. The Hall–Kier alpha value is -1.78. The summed E-state index contributed by atoms with van der Waals surface area (Å²) in [6, 6.07) is 1.41. The number of esters is 1. The molecule has 0 bridgehead atoms. The van der Waals surface area contributed by atoms with E-state index in [9.17, 15) is 9.59 Å². The molecule has 5 nitrogen and oxygen atoms in total. The fourth-order valence-electron chi connectivity index (χ4n) is 1.54. The van der Waals surface area contributed by atoms with Gasteiger partial charge in [0, 0.05) is 18.7 Å². The van der Waals surface area contributed by atoms with Crippen LogP contribution in [-0.2, 0) is 16.1 Å². The zero-order valence-corrected chi connectivity index (χ0v) is 12.4. The second-order valence-corrected chi connectivity index (χ2v) is 5.13. The van der Waals surface area contributed by atoms with Crippen molar-refractivity contribution in [3.05, 3.63) is 28.2 Å². The van der Waals surface area contributed by atoms with E-state index in [1.165, 1.54) is 12.3 Å². The number of carbonyl (C=O) groups excluding carboxylic acids is 1. The molecular formula is C15H23NO4. The Bertz CT molecular complexity index is 479. The van der Waals surface area contributed by atoms with Gasteiger partial charge in [-0.25, -0.2) is 0 Å². The highest BCUT2D eigenvalue weighted by Crippen LogP contribution is 2.06. The summed E-state index contributed by atoms with van der Waals surface area (Å²) in [7, 11) is 0. The Morgan fingerprint density at radius 2 is 2.15 bits per heavy atom. The molecule has 1 heterocycles. The van der Waals surface area contributed by atoms with Crippen LogP contribution < -0.4 is 10.2 Å². The number of aromatic nitrogens is 1. The lowest BCUT2D eigenvalue weighted by molar-refractivity contribution is -0.145. The number of aromatic amines is 1. The van der Waals surface area contributed by atoms with Crippen LogP contribution in [0.25, 0.3) is 0 Å². The van der Waals surface area contributed by atoms with Crippen LogP contribution >= 0.6 is 0 Å². The first kappa shape index (κ1) is 16.3. The van der Waals surface area contributed by atoms with E-state index in [1.54, 1.807) is 0 Å². The van der Waals surface area contributed by atoms with Gasteiger partial charge in [0.25, 0.3) is 0 Å². The van der Waals surface area contributed by atoms with Crippen molar-refractivity contribution in [1.82, 2.24) is 4.98 Å². The minimum atomic E-state index is -0.259. The molecule has 20 heavy (non-hydrogen) atoms. The lowest BCUT2D eigenvalue weighted by Crippen LogP contribution is -2.13. The molecule has 0 aliphatic heterocycles. The molecule has 1 rings (SSSR count). The van der Waals surface area contributed by atoms with Gasteiger partial charge in [-0.3, -0.25) is 9.59 Å². The summed E-state index contributed by atoms with van der Waals surface area (Å²) in [6.45, 7) is 6.71. The zero-order chi connectivity index (χ0) is 15.0. The number of carbonyl (C=O) groups is 1. The van der Waals surface area contributed by atoms with Gasteiger partial charge in [0.2, 0.25) is 5.43 Å². The summed E-state index contributed by atoms with van der Waals surface area (Å²) in [5.41, 5.74) is 0.365. The molecule has 0 spiro atoms. The van der Waals surface area contributed by atoms with Crippen molar-refractivity contribution in [2.75, 3.05) is 6.61 Å². The minimum Gasteiger partial charge on any atom is -0.488 e. The Balaban J connectivity index is 2.50. The number of rotatable bonds is 8. The highest BCUT2D eigenvalue weighted by molar-refractivity contribution is 5.69. The zero-order valence-electron chi connectivity index (χ0n) is 12.4. The van der Waals surface area contributed by atoms with Crippen LogP contribution in [0, 0.1) is 5.92 Å². The molecule has 1 aromatic rings. The van der Waals surface area contributed by atoms with Crippen LogP contribution in [0.1, 0.15) is 45.7 Å². The maximum absolute atomic E-state index is 11.8. The standard InChI is InChI=1S/C15H23NO4/c1-4-5-15(18)20-10-12-8-13(17)14(9-16-12)19-7-6-11(2)3/h8-9,11H,4-7,10H2,1-3H3,(H,16,17). The normalized spacial score (nSPS) is 10.6. The molecule has 0 fully saturated rings. The van der Waals surface area contributed by atoms with E-state index in [4.69, 9.17) is 9.47 Å². The van der Waals surface area contributed by atoms with E-state index < -0.39 is 0 Å². The van der Waals surface area contributed by atoms with Crippen LogP contribution in [0.2, 0.25) is 0 Å². The smallest absolute Gasteiger partial charge is 0.306 e. The number of hydrogen-bond donors (Lipinski definition) is 1. The third kappa shape index (κ3) is 5.91. The fraction of sp³-hybridized carbons (Fsp3) is 0.600. The molecule has 0 radical (unpaired) electrons. The molecule has 1 N–H and O–H groups in total. The first-order valence-corrected chi connectivity index (χ1v) is 7.03. The second kappa shape index (κ2) is 8.40. The maximum Gasteiger partial charge on any atom is 0.306 e. The SMILES string of the molecule is CCCC(=O)OCc1cc(=O)c(OCCC(C)C)c[nH]1. The van der Waals surface area contributed by atoms with Crippen molar-refractivity contribution in [2.24, 2.45) is 5.92 Å². The molecule has 0 unspecified atom stereocenters. The molecular weight excluding hydrogens is 258 g/mol. The van der Waals surface area contributed by atoms with Gasteiger partial charge in [-0.05, 0) is 18.8 Å². The Morgan fingerprint density at radius 3 is 2.75 bits per heavy atom. The maximum atomic E-state index is 11.8. The van der Waals surface area contributed by atoms with E-state index >= 15 is 0 Å². The highest BCUT2D eigenvalue weighted by atomic mass is 16.5. The minimum absolute atomic E-state index is 0.0837. The summed E-state index contributed by atoms with van der Waals surface area (Å²) >= 11 is 0. The van der Waals surface area contributed by atoms with Gasteiger partial charge in [0.15, 0.2) is 5.75 Å². The predicted molar refractivity (Wildman–Crippen MR) is 76.7 cm³/mol. The first-order chi connectivity index (χ1) is 9.52. The number of ether oxygens (including phenoxy) is 2. The molecule has 0 saturated carbocycles. The number of pyridine rings is 1. The van der Waals surface area contributed by atoms with E-state index in [-0.39, 0.29) is 18.0 Å². The van der Waals surface area contributed by atoms with Gasteiger partial charge < -0.3 is 14.5 Å². The van der Waals surface area contributed by atoms with Crippen LogP contribution in [0.4, 0.5) is 0 Å². The Kier molecular flexibility index (Phi) is 6.84. The molecule has 112 valence electrons. The average molecular weight is 281 g/mol. The van der Waals surface area contributed by atoms with Gasteiger partial charge in [0.05, 0.1) is 12.3 Å². The summed E-state index contributed by atoms with van der Waals surface area (Å²) in [6.07, 6.45) is 3.56. The van der Waals surface area contributed by atoms with E-state index in [1.807, 2.05) is 6.92 Å². The number of nitrogens with one attached hydrogen (secondary N) is 1. The van der Waals surface area contributed by atoms with Gasteiger partial charge in [0.1, 0.15) is 6.61 Å². The lowest BCUT2D eigenvalue weighted by Gasteiger charge is -2.08. The van der Waals surface area contributed by atoms with Gasteiger partial charge in [-0.2, -0.15) is 0 Å². The van der Waals surface area contributed by atoms with Crippen LogP contribution in [-0.4, -0.2) is 17.6 Å². The molecule has 0 aliphatic rings. The lowest BCUT2D eigenvalue weighted by atomic mass is 10.1. The van der Waals surface area contributed by atoms with Crippen molar-refractivity contribution in [2.45, 2.75) is 46.6 Å². The number of H-pyrrole nitrogens is 1. The number of hydrogen-bond acceptors (Lipinski definition) is 4. The van der Waals surface area contributed by atoms with Crippen molar-refractivity contribution in [3.63, 3.8) is 0 Å². The van der Waals surface area contributed by atoms with Gasteiger partial charge in [-0.15, -0.1) is 0 Å². The van der Waals surface area contributed by atoms with Crippen molar-refractivity contribution in [3.8, 4) is 5.75 Å². The predicted octanol–water partition coefficient (Wildman–Crippen LogP) is 2.64. The fourth-order valence-corrected chi connectivity index (χ4v) is 1.54. The first-order valence-electron chi connectivity index (χ1n) is 7.03. The van der Waals surface area contributed by atoms with Crippen LogP contribution in [0.5, 0.6) is 5.75 Å². The van der Waals surface area contributed by atoms with Crippen LogP contribution in [0.3, 0.4) is 0 Å². The summed E-state index contributed by atoms with van der Waals surface area (Å²) in [4.78, 5) is 25.9. The van der Waals surface area contributed by atoms with E-state index in [0.29, 0.717) is 30.4 Å². The Morgan fingerprint density at radius 1 is 1.40 bits per heavy atom. The summed E-state index contributed by atoms with van der Waals surface area (Å²) in [5, 5.41) is 0. The molecule has 0 aromatic carbocycles. The van der Waals surface area contributed by atoms with Crippen molar-refractivity contribution < 1.29 is 14.3 Å². The second-order valence-electron chi connectivity index (χ2n) is 5.13. The monoisotopic (exact) mass is 281 g/mol. The molecule has 0 aliphatic carbocycles. The van der Waals surface area contributed by atoms with Gasteiger partial charge in [-0.1, -0.05) is 20.8 Å². The summed E-state index contributed by atoms with van der Waals surface area (Å²) in [5.74, 6) is 0.575. The van der Waals surface area contributed by atoms with E-state index in [0.717, 1.165) is 12.8 Å². The topological polar surface area (TPSA) is 68.4 Å². The highest BCUT2D eigenvalue weighted by Gasteiger charge is 2.06. The molecule has 5 heteroatoms. The third-order valence-electron chi connectivity index (χ3n) is 2.73. The molecule has 0 atom stereocenters. The molecule has 0 amide bonds. The largest absolute Gasteiger partial charge is 0.488 e. The van der Waals surface area contributed by atoms with Crippen molar-refractivity contribution >= 4 is 5.97 Å². The van der Waals surface area contributed by atoms with Crippen LogP contribution in [0.15, 0.2) is 17.1 Å². The van der Waals surface area contributed by atoms with E-state index in [2.05, 4.69) is 18.8 Å². The Labute approximate surface area is 119 Å². The quantitative estimate of drug-likeness (QED) is 0.744. The average Bonchev–Trinajstić information content (AvgIpc) is 2.38. The molecule has 1 aromatic heterocycles.